The lowest BCUT2D eigenvalue weighted by Gasteiger charge is -2.32. The third-order valence-corrected chi connectivity index (χ3v) is 3.54. The van der Waals surface area contributed by atoms with Crippen molar-refractivity contribution in [2.24, 2.45) is 0 Å². The zero-order valence-corrected chi connectivity index (χ0v) is 10.1. The maximum Gasteiger partial charge on any atom is 0.329 e. The molecule has 0 radical (unpaired) electrons. The highest BCUT2D eigenvalue weighted by atomic mass is 16.4. The molecular formula is C11H17N3O4. The Hall–Kier alpha value is -1.79. The summed E-state index contributed by atoms with van der Waals surface area (Å²) in [6, 6.07) is -0.464. The fraction of sp³-hybridized carbons (Fsp3) is 0.727. The number of carboxylic acids is 1. The van der Waals surface area contributed by atoms with Crippen molar-refractivity contribution in [3.05, 3.63) is 0 Å². The van der Waals surface area contributed by atoms with Gasteiger partial charge >= 0.3 is 12.0 Å². The quantitative estimate of drug-likeness (QED) is 0.621. The molecule has 0 unspecified atom stereocenters. The van der Waals surface area contributed by atoms with Crippen LogP contribution in [0.25, 0.3) is 0 Å². The standard InChI is InChI=1S/C11H17N3O4/c15-8-7-14(6-5-12-8)10(18)13-11(9(16)17)3-1-2-4-11/h1-7H2,(H,12,15)(H,13,18)(H,16,17). The van der Waals surface area contributed by atoms with Crippen LogP contribution in [0.5, 0.6) is 0 Å². The van der Waals surface area contributed by atoms with E-state index >= 15 is 0 Å². The smallest absolute Gasteiger partial charge is 0.329 e. The molecule has 1 saturated heterocycles. The molecule has 18 heavy (non-hydrogen) atoms. The second-order valence-corrected chi connectivity index (χ2v) is 4.80. The lowest BCUT2D eigenvalue weighted by molar-refractivity contribution is -0.144. The molecule has 2 aliphatic rings. The molecule has 7 nitrogen and oxygen atoms in total. The van der Waals surface area contributed by atoms with Crippen LogP contribution in [-0.2, 0) is 9.59 Å². The van der Waals surface area contributed by atoms with Crippen LogP contribution in [0.3, 0.4) is 0 Å². The van der Waals surface area contributed by atoms with Crippen LogP contribution >= 0.6 is 0 Å². The van der Waals surface area contributed by atoms with Crippen molar-refractivity contribution in [1.82, 2.24) is 15.5 Å². The van der Waals surface area contributed by atoms with E-state index in [1.54, 1.807) is 0 Å². The average molecular weight is 255 g/mol. The molecule has 0 aromatic carbocycles. The van der Waals surface area contributed by atoms with E-state index in [0.717, 1.165) is 12.8 Å². The van der Waals surface area contributed by atoms with Gasteiger partial charge in [-0.15, -0.1) is 0 Å². The Morgan fingerprint density at radius 2 is 2.00 bits per heavy atom. The van der Waals surface area contributed by atoms with Gasteiger partial charge in [-0.3, -0.25) is 4.79 Å². The predicted molar refractivity (Wildman–Crippen MR) is 61.9 cm³/mol. The normalized spacial score (nSPS) is 22.4. The first kappa shape index (κ1) is 12.7. The van der Waals surface area contributed by atoms with Crippen LogP contribution in [0.1, 0.15) is 25.7 Å². The maximum absolute atomic E-state index is 12.0. The van der Waals surface area contributed by atoms with Crippen molar-refractivity contribution in [2.75, 3.05) is 19.6 Å². The van der Waals surface area contributed by atoms with E-state index in [1.807, 2.05) is 0 Å². The summed E-state index contributed by atoms with van der Waals surface area (Å²) in [5.41, 5.74) is -1.15. The van der Waals surface area contributed by atoms with Crippen molar-refractivity contribution in [1.29, 1.82) is 0 Å². The molecule has 7 heteroatoms. The monoisotopic (exact) mass is 255 g/mol. The van der Waals surface area contributed by atoms with Crippen molar-refractivity contribution in [3.8, 4) is 0 Å². The van der Waals surface area contributed by atoms with Crippen LogP contribution in [0.2, 0.25) is 0 Å². The number of rotatable bonds is 2. The molecule has 3 amide bonds. The number of urea groups is 1. The summed E-state index contributed by atoms with van der Waals surface area (Å²) in [6.07, 6.45) is 2.50. The predicted octanol–water partition coefficient (Wildman–Crippen LogP) is -0.475. The number of hydrogen-bond acceptors (Lipinski definition) is 3. The van der Waals surface area contributed by atoms with Gasteiger partial charge in [0, 0.05) is 13.1 Å². The van der Waals surface area contributed by atoms with Gasteiger partial charge in [0.25, 0.3) is 0 Å². The van der Waals surface area contributed by atoms with Gasteiger partial charge in [0.05, 0.1) is 0 Å². The Labute approximate surface area is 105 Å². The SMILES string of the molecule is O=C1CN(C(=O)NC2(C(=O)O)CCCC2)CCN1. The zero-order chi connectivity index (χ0) is 13.2. The molecule has 1 aliphatic heterocycles. The number of aliphatic carboxylic acids is 1. The first-order valence-corrected chi connectivity index (χ1v) is 6.11. The molecule has 1 saturated carbocycles. The number of carbonyl (C=O) groups excluding carboxylic acids is 2. The topological polar surface area (TPSA) is 98.7 Å². The summed E-state index contributed by atoms with van der Waals surface area (Å²) in [5, 5.41) is 14.5. The molecule has 1 heterocycles. The minimum absolute atomic E-state index is 0.0124. The lowest BCUT2D eigenvalue weighted by atomic mass is 9.98. The van der Waals surface area contributed by atoms with Crippen molar-refractivity contribution < 1.29 is 19.5 Å². The van der Waals surface area contributed by atoms with E-state index in [2.05, 4.69) is 10.6 Å². The van der Waals surface area contributed by atoms with Crippen molar-refractivity contribution in [2.45, 2.75) is 31.2 Å². The molecule has 0 spiro atoms. The van der Waals surface area contributed by atoms with E-state index in [1.165, 1.54) is 4.90 Å². The largest absolute Gasteiger partial charge is 0.480 e. The van der Waals surface area contributed by atoms with Gasteiger partial charge in [-0.25, -0.2) is 9.59 Å². The Kier molecular flexibility index (Phi) is 3.40. The molecule has 0 atom stereocenters. The number of amides is 3. The van der Waals surface area contributed by atoms with Gasteiger partial charge in [-0.05, 0) is 12.8 Å². The summed E-state index contributed by atoms with van der Waals surface area (Å²) in [5.74, 6) is -1.21. The third-order valence-electron chi connectivity index (χ3n) is 3.54. The van der Waals surface area contributed by atoms with Crippen LogP contribution in [0, 0.1) is 0 Å². The van der Waals surface area contributed by atoms with Gasteiger partial charge in [0.15, 0.2) is 0 Å². The highest BCUT2D eigenvalue weighted by molar-refractivity contribution is 5.89. The summed E-state index contributed by atoms with van der Waals surface area (Å²) in [6.45, 7) is 0.807. The summed E-state index contributed by atoms with van der Waals surface area (Å²) in [7, 11) is 0. The number of carbonyl (C=O) groups is 3. The van der Waals surface area contributed by atoms with Gasteiger partial charge in [-0.1, -0.05) is 12.8 Å². The van der Waals surface area contributed by atoms with Crippen molar-refractivity contribution >= 4 is 17.9 Å². The highest BCUT2D eigenvalue weighted by Crippen LogP contribution is 2.30. The molecule has 0 bridgehead atoms. The van der Waals surface area contributed by atoms with E-state index in [9.17, 15) is 19.5 Å². The van der Waals surface area contributed by atoms with E-state index in [-0.39, 0.29) is 12.5 Å². The molecule has 100 valence electrons. The second-order valence-electron chi connectivity index (χ2n) is 4.80. The second kappa shape index (κ2) is 4.83. The number of nitrogens with zero attached hydrogens (tertiary/aromatic N) is 1. The number of nitrogens with one attached hydrogen (secondary N) is 2. The molecule has 2 fully saturated rings. The van der Waals surface area contributed by atoms with E-state index in [4.69, 9.17) is 0 Å². The fourth-order valence-corrected chi connectivity index (χ4v) is 2.47. The maximum atomic E-state index is 12.0. The van der Waals surface area contributed by atoms with Crippen LogP contribution < -0.4 is 10.6 Å². The van der Waals surface area contributed by atoms with Gasteiger partial charge in [0.1, 0.15) is 12.1 Å². The Bertz CT molecular complexity index is 376. The third kappa shape index (κ3) is 2.39. The molecule has 1 aliphatic carbocycles. The number of hydrogen-bond donors (Lipinski definition) is 3. The van der Waals surface area contributed by atoms with E-state index < -0.39 is 17.5 Å². The average Bonchev–Trinajstić information content (AvgIpc) is 2.79. The minimum Gasteiger partial charge on any atom is -0.480 e. The first-order valence-electron chi connectivity index (χ1n) is 6.11. The summed E-state index contributed by atoms with van der Waals surface area (Å²) >= 11 is 0. The molecule has 3 N–H and O–H groups in total. The van der Waals surface area contributed by atoms with Gasteiger partial charge in [-0.2, -0.15) is 0 Å². The summed E-state index contributed by atoms with van der Waals surface area (Å²) < 4.78 is 0. The number of carboxylic acid groups (broad SMARTS) is 1. The summed E-state index contributed by atoms with van der Waals surface area (Å²) in [4.78, 5) is 35.8. The number of piperazine rings is 1. The van der Waals surface area contributed by atoms with Crippen molar-refractivity contribution in [3.63, 3.8) is 0 Å². The van der Waals surface area contributed by atoms with Crippen LogP contribution in [-0.4, -0.2) is 53.1 Å². The van der Waals surface area contributed by atoms with E-state index in [0.29, 0.717) is 25.9 Å². The highest BCUT2D eigenvalue weighted by Gasteiger charge is 2.43. The lowest BCUT2D eigenvalue weighted by Crippen LogP contribution is -2.60. The first-order chi connectivity index (χ1) is 8.53. The fourth-order valence-electron chi connectivity index (χ4n) is 2.47. The van der Waals surface area contributed by atoms with Gasteiger partial charge in [0.2, 0.25) is 5.91 Å². The van der Waals surface area contributed by atoms with Gasteiger partial charge < -0.3 is 20.6 Å². The molecular weight excluding hydrogens is 238 g/mol. The Balaban J connectivity index is 2.01. The Morgan fingerprint density at radius 3 is 2.56 bits per heavy atom. The minimum atomic E-state index is -1.15. The Morgan fingerprint density at radius 1 is 1.33 bits per heavy atom. The molecule has 0 aromatic rings. The molecule has 0 aromatic heterocycles. The molecule has 2 rings (SSSR count). The van der Waals surface area contributed by atoms with Crippen LogP contribution in [0.15, 0.2) is 0 Å². The zero-order valence-electron chi connectivity index (χ0n) is 10.1. The van der Waals surface area contributed by atoms with Crippen LogP contribution in [0.4, 0.5) is 4.79 Å².